The van der Waals surface area contributed by atoms with Gasteiger partial charge in [-0.2, -0.15) is 5.10 Å². The van der Waals surface area contributed by atoms with Gasteiger partial charge in [-0.1, -0.05) is 25.1 Å². The molecule has 3 heterocycles. The molecule has 1 unspecified atom stereocenters. The van der Waals surface area contributed by atoms with E-state index >= 15 is 0 Å². The second-order valence-corrected chi connectivity index (χ2v) is 7.67. The average Bonchev–Trinajstić information content (AvgIpc) is 3.18. The Hall–Kier alpha value is -4.14. The number of halogens is 2. The van der Waals surface area contributed by atoms with Crippen LogP contribution in [0.15, 0.2) is 58.0 Å². The van der Waals surface area contributed by atoms with Gasteiger partial charge in [-0.25, -0.2) is 23.4 Å². The van der Waals surface area contributed by atoms with E-state index in [-0.39, 0.29) is 27.9 Å². The number of nitrogens with two attached hydrogens (primary N) is 1. The zero-order valence-corrected chi connectivity index (χ0v) is 17.8. The number of anilines is 1. The Morgan fingerprint density at radius 3 is 2.67 bits per heavy atom. The van der Waals surface area contributed by atoms with Gasteiger partial charge in [0.25, 0.3) is 0 Å². The van der Waals surface area contributed by atoms with Crippen molar-refractivity contribution in [1.82, 2.24) is 19.7 Å². The van der Waals surface area contributed by atoms with E-state index in [1.54, 1.807) is 17.7 Å². The largest absolute Gasteiger partial charge is 0.458 e. The minimum atomic E-state index is -0.712. The van der Waals surface area contributed by atoms with E-state index < -0.39 is 23.1 Å². The van der Waals surface area contributed by atoms with Crippen LogP contribution in [0.1, 0.15) is 31.3 Å². The maximum absolute atomic E-state index is 14.6. The van der Waals surface area contributed by atoms with Gasteiger partial charge >= 0.3 is 0 Å². The Kier molecular flexibility index (Phi) is 4.88. The molecule has 0 aliphatic carbocycles. The maximum atomic E-state index is 14.6. The Morgan fingerprint density at radius 2 is 1.91 bits per heavy atom. The molecule has 0 radical (unpaired) electrons. The van der Waals surface area contributed by atoms with Crippen LogP contribution in [0.3, 0.4) is 0 Å². The van der Waals surface area contributed by atoms with Crippen molar-refractivity contribution < 1.29 is 13.2 Å². The van der Waals surface area contributed by atoms with Crippen molar-refractivity contribution in [3.05, 3.63) is 82.1 Å². The van der Waals surface area contributed by atoms with Crippen LogP contribution in [0.25, 0.3) is 33.1 Å². The van der Waals surface area contributed by atoms with Gasteiger partial charge in [0.2, 0.25) is 5.43 Å². The SMILES string of the molecule is CCc1nn(C(C)c2oc3cccc(F)c3c(=O)c2-c2cccc(F)c2)c2ncnc(N)c12. The third-order valence-corrected chi connectivity index (χ3v) is 5.68. The third-order valence-electron chi connectivity index (χ3n) is 5.68. The summed E-state index contributed by atoms with van der Waals surface area (Å²) in [4.78, 5) is 21.9. The standard InChI is InChI=1S/C24H19F2N5O2/c1-3-16-20-23(27)28-11-29-24(20)31(30-16)12(2)22-18(13-6-4-7-14(25)10-13)21(32)19-15(26)8-5-9-17(19)33-22/h4-12H,3H2,1-2H3,(H2,27,28,29). The molecule has 166 valence electrons. The lowest BCUT2D eigenvalue weighted by Crippen LogP contribution is -2.17. The first-order valence-electron chi connectivity index (χ1n) is 10.4. The van der Waals surface area contributed by atoms with Crippen LogP contribution in [0.2, 0.25) is 0 Å². The molecule has 5 aromatic rings. The molecule has 0 fully saturated rings. The Labute approximate surface area is 186 Å². The minimum absolute atomic E-state index is 0.0586. The quantitative estimate of drug-likeness (QED) is 0.431. The van der Waals surface area contributed by atoms with Gasteiger partial charge in [0.1, 0.15) is 46.6 Å². The third kappa shape index (κ3) is 3.24. The highest BCUT2D eigenvalue weighted by molar-refractivity contribution is 5.88. The lowest BCUT2D eigenvalue weighted by atomic mass is 9.99. The monoisotopic (exact) mass is 447 g/mol. The number of hydrogen-bond donors (Lipinski definition) is 1. The number of aryl methyl sites for hydroxylation is 1. The summed E-state index contributed by atoms with van der Waals surface area (Å²) in [5.74, 6) is -0.746. The molecule has 2 aromatic carbocycles. The summed E-state index contributed by atoms with van der Waals surface area (Å²) in [5, 5.41) is 5.07. The molecule has 3 aromatic heterocycles. The Bertz CT molecular complexity index is 1590. The molecule has 7 nitrogen and oxygen atoms in total. The maximum Gasteiger partial charge on any atom is 0.203 e. The zero-order chi connectivity index (χ0) is 23.3. The molecule has 0 saturated carbocycles. The van der Waals surface area contributed by atoms with Crippen LogP contribution in [-0.4, -0.2) is 19.7 Å². The average molecular weight is 447 g/mol. The van der Waals surface area contributed by atoms with Crippen LogP contribution < -0.4 is 11.2 Å². The number of aromatic nitrogens is 4. The highest BCUT2D eigenvalue weighted by Gasteiger charge is 2.27. The van der Waals surface area contributed by atoms with Crippen molar-refractivity contribution in [2.24, 2.45) is 0 Å². The normalized spacial score (nSPS) is 12.5. The molecule has 0 spiro atoms. The molecule has 0 bridgehead atoms. The fourth-order valence-corrected chi connectivity index (χ4v) is 4.12. The van der Waals surface area contributed by atoms with Gasteiger partial charge in [-0.05, 0) is 43.2 Å². The van der Waals surface area contributed by atoms with Gasteiger partial charge in [-0.3, -0.25) is 4.79 Å². The van der Waals surface area contributed by atoms with E-state index in [0.717, 1.165) is 0 Å². The number of benzene rings is 2. The molecule has 33 heavy (non-hydrogen) atoms. The predicted octanol–water partition coefficient (Wildman–Crippen LogP) is 4.63. The fourth-order valence-electron chi connectivity index (χ4n) is 4.12. The Balaban J connectivity index is 1.85. The van der Waals surface area contributed by atoms with Crippen molar-refractivity contribution in [2.45, 2.75) is 26.3 Å². The molecular weight excluding hydrogens is 428 g/mol. The molecular formula is C24H19F2N5O2. The molecule has 5 rings (SSSR count). The fraction of sp³-hybridized carbons (Fsp3) is 0.167. The van der Waals surface area contributed by atoms with Crippen LogP contribution in [0, 0.1) is 11.6 Å². The van der Waals surface area contributed by atoms with Crippen LogP contribution >= 0.6 is 0 Å². The lowest BCUT2D eigenvalue weighted by molar-refractivity contribution is 0.442. The summed E-state index contributed by atoms with van der Waals surface area (Å²) >= 11 is 0. The lowest BCUT2D eigenvalue weighted by Gasteiger charge is -2.17. The topological polar surface area (TPSA) is 99.8 Å². The summed E-state index contributed by atoms with van der Waals surface area (Å²) in [6.45, 7) is 3.71. The second kappa shape index (κ2) is 7.77. The summed E-state index contributed by atoms with van der Waals surface area (Å²) in [6.07, 6.45) is 1.92. The number of nitrogen functional groups attached to an aromatic ring is 1. The van der Waals surface area contributed by atoms with Gasteiger partial charge in [0.15, 0.2) is 5.65 Å². The van der Waals surface area contributed by atoms with E-state index in [2.05, 4.69) is 15.1 Å². The van der Waals surface area contributed by atoms with Crippen molar-refractivity contribution >= 4 is 27.8 Å². The van der Waals surface area contributed by atoms with Crippen molar-refractivity contribution in [3.63, 3.8) is 0 Å². The molecule has 0 amide bonds. The van der Waals surface area contributed by atoms with Crippen molar-refractivity contribution in [2.75, 3.05) is 5.73 Å². The number of nitrogens with zero attached hydrogens (tertiary/aromatic N) is 4. The first-order chi connectivity index (χ1) is 15.9. The van der Waals surface area contributed by atoms with E-state index in [4.69, 9.17) is 10.2 Å². The van der Waals surface area contributed by atoms with Crippen molar-refractivity contribution in [1.29, 1.82) is 0 Å². The molecule has 0 aliphatic rings. The van der Waals surface area contributed by atoms with E-state index in [9.17, 15) is 13.6 Å². The van der Waals surface area contributed by atoms with Gasteiger partial charge in [-0.15, -0.1) is 0 Å². The second-order valence-electron chi connectivity index (χ2n) is 7.67. The van der Waals surface area contributed by atoms with Crippen LogP contribution in [0.5, 0.6) is 0 Å². The summed E-state index contributed by atoms with van der Waals surface area (Å²) in [6, 6.07) is 9.06. The number of hydrogen-bond acceptors (Lipinski definition) is 6. The van der Waals surface area contributed by atoms with Crippen LogP contribution in [-0.2, 0) is 6.42 Å². The molecule has 9 heteroatoms. The highest BCUT2D eigenvalue weighted by atomic mass is 19.1. The van der Waals surface area contributed by atoms with E-state index in [1.807, 2.05) is 6.92 Å². The van der Waals surface area contributed by atoms with Crippen LogP contribution in [0.4, 0.5) is 14.6 Å². The molecule has 2 N–H and O–H groups in total. The van der Waals surface area contributed by atoms with Gasteiger partial charge in [0.05, 0.1) is 16.6 Å². The summed E-state index contributed by atoms with van der Waals surface area (Å²) < 4.78 is 36.4. The number of rotatable bonds is 4. The van der Waals surface area contributed by atoms with Gasteiger partial charge < -0.3 is 10.2 Å². The minimum Gasteiger partial charge on any atom is -0.458 e. The summed E-state index contributed by atoms with van der Waals surface area (Å²) in [7, 11) is 0. The van der Waals surface area contributed by atoms with E-state index in [1.165, 1.54) is 42.7 Å². The summed E-state index contributed by atoms with van der Waals surface area (Å²) in [5.41, 5.74) is 7.06. The molecule has 1 atom stereocenters. The molecule has 0 aliphatic heterocycles. The van der Waals surface area contributed by atoms with Crippen molar-refractivity contribution in [3.8, 4) is 11.1 Å². The first kappa shape index (κ1) is 20.7. The molecule has 0 saturated heterocycles. The zero-order valence-electron chi connectivity index (χ0n) is 17.8. The predicted molar refractivity (Wildman–Crippen MR) is 121 cm³/mol. The smallest absolute Gasteiger partial charge is 0.203 e. The van der Waals surface area contributed by atoms with Gasteiger partial charge in [0, 0.05) is 0 Å². The first-order valence-corrected chi connectivity index (χ1v) is 10.4. The Morgan fingerprint density at radius 1 is 1.12 bits per heavy atom. The highest BCUT2D eigenvalue weighted by Crippen LogP contribution is 2.34. The van der Waals surface area contributed by atoms with E-state index in [0.29, 0.717) is 29.0 Å². The number of fused-ring (bicyclic) bond motifs is 2.